The Labute approximate surface area is 167 Å². The minimum atomic E-state index is 0.129. The van der Waals surface area contributed by atoms with Crippen molar-refractivity contribution >= 4 is 5.91 Å². The van der Waals surface area contributed by atoms with E-state index >= 15 is 0 Å². The van der Waals surface area contributed by atoms with Gasteiger partial charge in [0.2, 0.25) is 0 Å². The first-order valence-electron chi connectivity index (χ1n) is 10.7. The van der Waals surface area contributed by atoms with Crippen LogP contribution in [0.3, 0.4) is 0 Å². The Kier molecular flexibility index (Phi) is 5.76. The molecule has 0 radical (unpaired) electrons. The van der Waals surface area contributed by atoms with Gasteiger partial charge in [-0.1, -0.05) is 13.0 Å². The van der Waals surface area contributed by atoms with Crippen LogP contribution in [-0.2, 0) is 25.9 Å². The molecule has 0 saturated carbocycles. The van der Waals surface area contributed by atoms with Crippen molar-refractivity contribution in [2.75, 3.05) is 13.1 Å². The number of aryl methyl sites for hydroxylation is 2. The Balaban J connectivity index is 1.51. The van der Waals surface area contributed by atoms with Crippen LogP contribution in [-0.4, -0.2) is 44.7 Å². The lowest BCUT2D eigenvalue weighted by molar-refractivity contribution is 0.0784. The average molecular weight is 382 g/mol. The Bertz CT molecular complexity index is 837. The zero-order valence-corrected chi connectivity index (χ0v) is 17.1. The summed E-state index contributed by atoms with van der Waals surface area (Å²) in [4.78, 5) is 19.6. The Morgan fingerprint density at radius 2 is 2.11 bits per heavy atom. The van der Waals surface area contributed by atoms with Crippen LogP contribution >= 0.6 is 0 Å². The van der Waals surface area contributed by atoms with E-state index < -0.39 is 0 Å². The van der Waals surface area contributed by atoms with E-state index in [0.29, 0.717) is 11.7 Å². The van der Waals surface area contributed by atoms with Crippen molar-refractivity contribution in [3.63, 3.8) is 0 Å². The fourth-order valence-electron chi connectivity index (χ4n) is 4.45. The molecule has 1 amide bonds. The third kappa shape index (κ3) is 3.97. The molecular weight excluding hydrogens is 350 g/mol. The van der Waals surface area contributed by atoms with E-state index in [1.54, 1.807) is 0 Å². The van der Waals surface area contributed by atoms with Gasteiger partial charge in [-0.05, 0) is 57.6 Å². The van der Waals surface area contributed by atoms with Gasteiger partial charge in [-0.25, -0.2) is 0 Å². The molecule has 150 valence electrons. The maximum absolute atomic E-state index is 13.1. The molecule has 1 atom stereocenters. The molecule has 0 bridgehead atoms. The monoisotopic (exact) mass is 381 g/mol. The fourth-order valence-corrected chi connectivity index (χ4v) is 4.45. The van der Waals surface area contributed by atoms with Crippen LogP contribution in [0.2, 0.25) is 0 Å². The van der Waals surface area contributed by atoms with Gasteiger partial charge in [0, 0.05) is 49.2 Å². The number of amides is 1. The molecule has 1 saturated heterocycles. The van der Waals surface area contributed by atoms with E-state index in [0.717, 1.165) is 76.1 Å². The normalized spacial score (nSPS) is 19.1. The highest BCUT2D eigenvalue weighted by molar-refractivity contribution is 5.94. The molecule has 3 heterocycles. The molecule has 0 aromatic carbocycles. The predicted octanol–water partition coefficient (Wildman–Crippen LogP) is 2.88. The molecule has 2 aromatic heterocycles. The second kappa shape index (κ2) is 8.43. The maximum Gasteiger partial charge on any atom is 0.274 e. The largest absolute Gasteiger partial charge is 0.337 e. The van der Waals surface area contributed by atoms with Crippen LogP contribution in [0, 0.1) is 6.92 Å². The number of nitrogens with zero attached hydrogens (tertiary/aromatic N) is 4. The van der Waals surface area contributed by atoms with Crippen molar-refractivity contribution < 1.29 is 4.79 Å². The molecule has 1 aliphatic heterocycles. The van der Waals surface area contributed by atoms with Crippen molar-refractivity contribution in [2.45, 2.75) is 71.5 Å². The molecule has 0 spiro atoms. The minimum absolute atomic E-state index is 0.129. The molecule has 1 fully saturated rings. The van der Waals surface area contributed by atoms with Gasteiger partial charge in [-0.3, -0.25) is 14.5 Å². The number of carbonyl (C=O) groups is 1. The van der Waals surface area contributed by atoms with Crippen molar-refractivity contribution in [2.24, 2.45) is 0 Å². The molecule has 6 heteroatoms. The number of pyridine rings is 1. The second-order valence-electron chi connectivity index (χ2n) is 8.09. The number of fused-ring (bicyclic) bond motifs is 1. The van der Waals surface area contributed by atoms with Gasteiger partial charge in [-0.2, -0.15) is 5.10 Å². The zero-order valence-electron chi connectivity index (χ0n) is 17.1. The van der Waals surface area contributed by atoms with E-state index in [-0.39, 0.29) is 5.91 Å². The highest BCUT2D eigenvalue weighted by Crippen LogP contribution is 2.27. The molecule has 6 nitrogen and oxygen atoms in total. The van der Waals surface area contributed by atoms with Crippen molar-refractivity contribution in [1.82, 2.24) is 25.0 Å². The number of hydrogen-bond donors (Lipinski definition) is 1. The summed E-state index contributed by atoms with van der Waals surface area (Å²) in [7, 11) is 0. The summed E-state index contributed by atoms with van der Waals surface area (Å²) in [6.07, 6.45) is 6.18. The van der Waals surface area contributed by atoms with Gasteiger partial charge < -0.3 is 10.2 Å². The summed E-state index contributed by atoms with van der Waals surface area (Å²) >= 11 is 0. The summed E-state index contributed by atoms with van der Waals surface area (Å²) in [5, 5.41) is 8.43. The zero-order chi connectivity index (χ0) is 19.5. The topological polar surface area (TPSA) is 63.1 Å². The van der Waals surface area contributed by atoms with Crippen molar-refractivity contribution in [3.05, 3.63) is 46.5 Å². The maximum atomic E-state index is 13.1. The van der Waals surface area contributed by atoms with Gasteiger partial charge >= 0.3 is 0 Å². The summed E-state index contributed by atoms with van der Waals surface area (Å²) in [5.74, 6) is 0.129. The molecule has 1 N–H and O–H groups in total. The quantitative estimate of drug-likeness (QED) is 0.836. The lowest BCUT2D eigenvalue weighted by Crippen LogP contribution is -2.36. The van der Waals surface area contributed by atoms with E-state index in [1.807, 2.05) is 17.9 Å². The van der Waals surface area contributed by atoms with Crippen LogP contribution in [0.1, 0.15) is 65.7 Å². The van der Waals surface area contributed by atoms with E-state index in [9.17, 15) is 4.79 Å². The summed E-state index contributed by atoms with van der Waals surface area (Å²) < 4.78 is 2.09. The van der Waals surface area contributed by atoms with Crippen LogP contribution in [0.25, 0.3) is 0 Å². The van der Waals surface area contributed by atoms with Crippen LogP contribution in [0.5, 0.6) is 0 Å². The summed E-state index contributed by atoms with van der Waals surface area (Å²) in [6.45, 7) is 7.58. The second-order valence-corrected chi connectivity index (χ2v) is 8.09. The smallest absolute Gasteiger partial charge is 0.274 e. The highest BCUT2D eigenvalue weighted by Gasteiger charge is 2.31. The number of aromatic nitrogens is 3. The molecule has 4 rings (SSSR count). The fraction of sp³-hybridized carbons (Fsp3) is 0.591. The number of rotatable bonds is 6. The molecule has 2 aliphatic rings. The molecule has 28 heavy (non-hydrogen) atoms. The Hall–Kier alpha value is -2.21. The lowest BCUT2D eigenvalue weighted by Gasteiger charge is -2.25. The van der Waals surface area contributed by atoms with Crippen LogP contribution in [0.4, 0.5) is 0 Å². The number of likely N-dealkylation sites (tertiary alicyclic amines) is 1. The van der Waals surface area contributed by atoms with Gasteiger partial charge in [0.1, 0.15) is 0 Å². The third-order valence-corrected chi connectivity index (χ3v) is 5.90. The van der Waals surface area contributed by atoms with Gasteiger partial charge in [0.25, 0.3) is 5.91 Å². The van der Waals surface area contributed by atoms with E-state index in [1.165, 1.54) is 11.3 Å². The van der Waals surface area contributed by atoms with Gasteiger partial charge in [-0.15, -0.1) is 0 Å². The highest BCUT2D eigenvalue weighted by atomic mass is 16.2. The minimum Gasteiger partial charge on any atom is -0.337 e. The average Bonchev–Trinajstić information content (AvgIpc) is 3.35. The molecule has 2 aromatic rings. The van der Waals surface area contributed by atoms with Gasteiger partial charge in [0.05, 0.1) is 5.69 Å². The predicted molar refractivity (Wildman–Crippen MR) is 109 cm³/mol. The number of nitrogens with one attached hydrogen (secondary N) is 1. The Morgan fingerprint density at radius 3 is 2.86 bits per heavy atom. The van der Waals surface area contributed by atoms with Crippen molar-refractivity contribution in [1.29, 1.82) is 0 Å². The number of hydrogen-bond acceptors (Lipinski definition) is 4. The van der Waals surface area contributed by atoms with Crippen LogP contribution in [0.15, 0.2) is 18.2 Å². The number of carbonyl (C=O) groups excluding carboxylic acids is 1. The van der Waals surface area contributed by atoms with Crippen molar-refractivity contribution in [3.8, 4) is 0 Å². The lowest BCUT2D eigenvalue weighted by atomic mass is 9.91. The first-order chi connectivity index (χ1) is 13.7. The first-order valence-corrected chi connectivity index (χ1v) is 10.7. The molecule has 1 aliphatic carbocycles. The SMILES string of the molecule is CCCn1nc(C(=O)N2CCCC2)c2c1CCC(NCc1cccc(C)n1)C2. The first kappa shape index (κ1) is 19.1. The molecule has 1 unspecified atom stereocenters. The van der Waals surface area contributed by atoms with Gasteiger partial charge in [0.15, 0.2) is 5.69 Å². The van der Waals surface area contributed by atoms with E-state index in [2.05, 4.69) is 34.0 Å². The third-order valence-electron chi connectivity index (χ3n) is 5.90. The summed E-state index contributed by atoms with van der Waals surface area (Å²) in [6, 6.07) is 6.50. The van der Waals surface area contributed by atoms with E-state index in [4.69, 9.17) is 5.10 Å². The Morgan fingerprint density at radius 1 is 1.29 bits per heavy atom. The van der Waals surface area contributed by atoms with Crippen LogP contribution < -0.4 is 5.32 Å². The standard InChI is InChI=1S/C22H31N5O/c1-3-11-27-20-10-9-17(23-15-18-8-6-7-16(2)24-18)14-19(20)21(25-27)22(28)26-12-4-5-13-26/h6-8,17,23H,3-5,9-15H2,1-2H3. The summed E-state index contributed by atoms with van der Waals surface area (Å²) in [5.41, 5.74) is 5.26. The molecular formula is C22H31N5O.